The Morgan fingerprint density at radius 2 is 2.00 bits per heavy atom. The fraction of sp³-hybridized carbons (Fsp3) is 0.923. The number of carbonyl (C=O) groups excluding carboxylic acids is 1. The molecular formula is C13H26N2O. The lowest BCUT2D eigenvalue weighted by Crippen LogP contribution is -2.37. The predicted molar refractivity (Wildman–Crippen MR) is 67.3 cm³/mol. The highest BCUT2D eigenvalue weighted by molar-refractivity contribution is 5.76. The molecule has 1 aliphatic carbocycles. The Kier molecular flexibility index (Phi) is 5.26. The summed E-state index contributed by atoms with van der Waals surface area (Å²) in [6.07, 6.45) is 4.29. The van der Waals surface area contributed by atoms with Gasteiger partial charge in [-0.25, -0.2) is 0 Å². The van der Waals surface area contributed by atoms with E-state index in [0.29, 0.717) is 24.4 Å². The summed E-state index contributed by atoms with van der Waals surface area (Å²) in [6, 6.07) is 1.06. The summed E-state index contributed by atoms with van der Waals surface area (Å²) in [6.45, 7) is 7.36. The van der Waals surface area contributed by atoms with Gasteiger partial charge in [0.1, 0.15) is 0 Å². The van der Waals surface area contributed by atoms with E-state index >= 15 is 0 Å². The number of hydrogen-bond acceptors (Lipinski definition) is 2. The SMILES string of the molecule is CC(C)CC(C)N(C)C(=O)CCNC1CC1. The largest absolute Gasteiger partial charge is 0.343 e. The van der Waals surface area contributed by atoms with E-state index in [4.69, 9.17) is 0 Å². The molecule has 0 aromatic heterocycles. The molecule has 1 saturated carbocycles. The first-order valence-electron chi connectivity index (χ1n) is 6.49. The Balaban J connectivity index is 2.16. The second-order valence-corrected chi connectivity index (χ2v) is 5.46. The molecular weight excluding hydrogens is 200 g/mol. The van der Waals surface area contributed by atoms with E-state index in [1.54, 1.807) is 0 Å². The van der Waals surface area contributed by atoms with Gasteiger partial charge in [0.25, 0.3) is 0 Å². The van der Waals surface area contributed by atoms with E-state index in [1.165, 1.54) is 12.8 Å². The third kappa shape index (κ3) is 4.97. The van der Waals surface area contributed by atoms with Gasteiger partial charge in [-0.1, -0.05) is 13.8 Å². The quantitative estimate of drug-likeness (QED) is 0.720. The van der Waals surface area contributed by atoms with Crippen LogP contribution in [0.3, 0.4) is 0 Å². The molecule has 1 atom stereocenters. The zero-order valence-electron chi connectivity index (χ0n) is 11.1. The maximum absolute atomic E-state index is 11.9. The third-order valence-corrected chi connectivity index (χ3v) is 3.22. The monoisotopic (exact) mass is 226 g/mol. The molecule has 1 rings (SSSR count). The van der Waals surface area contributed by atoms with E-state index in [0.717, 1.165) is 13.0 Å². The fourth-order valence-electron chi connectivity index (χ4n) is 1.93. The van der Waals surface area contributed by atoms with Crippen LogP contribution in [0.1, 0.15) is 46.5 Å². The van der Waals surface area contributed by atoms with Crippen molar-refractivity contribution >= 4 is 5.91 Å². The summed E-state index contributed by atoms with van der Waals surface area (Å²) in [5.41, 5.74) is 0. The van der Waals surface area contributed by atoms with Crippen LogP contribution in [-0.2, 0) is 4.79 Å². The molecule has 1 fully saturated rings. The van der Waals surface area contributed by atoms with Crippen LogP contribution < -0.4 is 5.32 Å². The van der Waals surface area contributed by atoms with Gasteiger partial charge in [-0.15, -0.1) is 0 Å². The maximum Gasteiger partial charge on any atom is 0.223 e. The van der Waals surface area contributed by atoms with Crippen LogP contribution in [0.4, 0.5) is 0 Å². The summed E-state index contributed by atoms with van der Waals surface area (Å²) in [5.74, 6) is 0.913. The van der Waals surface area contributed by atoms with Gasteiger partial charge in [0.05, 0.1) is 0 Å². The van der Waals surface area contributed by atoms with Crippen LogP contribution in [0.15, 0.2) is 0 Å². The molecule has 0 saturated heterocycles. The molecule has 16 heavy (non-hydrogen) atoms. The first kappa shape index (κ1) is 13.5. The second-order valence-electron chi connectivity index (χ2n) is 5.46. The number of hydrogen-bond donors (Lipinski definition) is 1. The Labute approximate surface area is 99.6 Å². The van der Waals surface area contributed by atoms with E-state index in [2.05, 4.69) is 26.1 Å². The number of amides is 1. The Bertz CT molecular complexity index is 224. The van der Waals surface area contributed by atoms with Gasteiger partial charge in [0.2, 0.25) is 5.91 Å². The van der Waals surface area contributed by atoms with Gasteiger partial charge in [-0.05, 0) is 32.1 Å². The Hall–Kier alpha value is -0.570. The molecule has 1 unspecified atom stereocenters. The fourth-order valence-corrected chi connectivity index (χ4v) is 1.93. The predicted octanol–water partition coefficient (Wildman–Crippen LogP) is 2.02. The number of carbonyl (C=O) groups is 1. The molecule has 1 aliphatic rings. The molecule has 94 valence electrons. The molecule has 0 aromatic carbocycles. The van der Waals surface area contributed by atoms with Gasteiger partial charge in [0, 0.05) is 32.1 Å². The molecule has 0 aliphatic heterocycles. The molecule has 3 nitrogen and oxygen atoms in total. The standard InChI is InChI=1S/C13H26N2O/c1-10(2)9-11(3)15(4)13(16)7-8-14-12-5-6-12/h10-12,14H,5-9H2,1-4H3. The minimum absolute atomic E-state index is 0.265. The van der Waals surface area contributed by atoms with Gasteiger partial charge in [0.15, 0.2) is 0 Å². The maximum atomic E-state index is 11.9. The van der Waals surface area contributed by atoms with Crippen LogP contribution in [-0.4, -0.2) is 36.5 Å². The van der Waals surface area contributed by atoms with Crippen molar-refractivity contribution in [2.24, 2.45) is 5.92 Å². The van der Waals surface area contributed by atoms with E-state index in [1.807, 2.05) is 11.9 Å². The van der Waals surface area contributed by atoms with Crippen LogP contribution >= 0.6 is 0 Å². The Morgan fingerprint density at radius 1 is 1.38 bits per heavy atom. The number of nitrogens with one attached hydrogen (secondary N) is 1. The first-order valence-corrected chi connectivity index (χ1v) is 6.49. The molecule has 1 amide bonds. The number of nitrogens with zero attached hydrogens (tertiary/aromatic N) is 1. The summed E-state index contributed by atoms with van der Waals surface area (Å²) in [7, 11) is 1.92. The van der Waals surface area contributed by atoms with Gasteiger partial charge < -0.3 is 10.2 Å². The van der Waals surface area contributed by atoms with Crippen LogP contribution in [0.25, 0.3) is 0 Å². The molecule has 1 N–H and O–H groups in total. The van der Waals surface area contributed by atoms with E-state index < -0.39 is 0 Å². The summed E-state index contributed by atoms with van der Waals surface area (Å²) >= 11 is 0. The van der Waals surface area contributed by atoms with Crippen molar-refractivity contribution in [3.63, 3.8) is 0 Å². The van der Waals surface area contributed by atoms with Crippen LogP contribution in [0, 0.1) is 5.92 Å². The zero-order chi connectivity index (χ0) is 12.1. The second kappa shape index (κ2) is 6.24. The van der Waals surface area contributed by atoms with E-state index in [9.17, 15) is 4.79 Å². The van der Waals surface area contributed by atoms with Gasteiger partial charge in [-0.2, -0.15) is 0 Å². The average molecular weight is 226 g/mol. The van der Waals surface area contributed by atoms with Crippen LogP contribution in [0.2, 0.25) is 0 Å². The van der Waals surface area contributed by atoms with Crippen molar-refractivity contribution in [2.45, 2.75) is 58.5 Å². The highest BCUT2D eigenvalue weighted by Crippen LogP contribution is 2.18. The van der Waals surface area contributed by atoms with Crippen LogP contribution in [0.5, 0.6) is 0 Å². The summed E-state index contributed by atoms with van der Waals surface area (Å²) < 4.78 is 0. The van der Waals surface area contributed by atoms with Crippen molar-refractivity contribution < 1.29 is 4.79 Å². The number of rotatable bonds is 7. The lowest BCUT2D eigenvalue weighted by Gasteiger charge is -2.26. The molecule has 0 heterocycles. The Morgan fingerprint density at radius 3 is 2.50 bits per heavy atom. The first-order chi connectivity index (χ1) is 7.50. The normalized spacial score (nSPS) is 17.6. The molecule has 0 bridgehead atoms. The smallest absolute Gasteiger partial charge is 0.223 e. The molecule has 3 heteroatoms. The minimum Gasteiger partial charge on any atom is -0.343 e. The average Bonchev–Trinajstić information content (AvgIpc) is 2.99. The van der Waals surface area contributed by atoms with Crippen molar-refractivity contribution in [3.05, 3.63) is 0 Å². The van der Waals surface area contributed by atoms with Crippen molar-refractivity contribution in [1.82, 2.24) is 10.2 Å². The summed E-state index contributed by atoms with van der Waals surface area (Å²) in [5, 5.41) is 3.37. The van der Waals surface area contributed by atoms with Crippen molar-refractivity contribution in [2.75, 3.05) is 13.6 Å². The highest BCUT2D eigenvalue weighted by atomic mass is 16.2. The zero-order valence-corrected chi connectivity index (χ0v) is 11.1. The summed E-state index contributed by atoms with van der Waals surface area (Å²) in [4.78, 5) is 13.8. The molecule has 0 aromatic rings. The molecule has 0 radical (unpaired) electrons. The van der Waals surface area contributed by atoms with Gasteiger partial charge >= 0.3 is 0 Å². The van der Waals surface area contributed by atoms with Crippen molar-refractivity contribution in [1.29, 1.82) is 0 Å². The van der Waals surface area contributed by atoms with E-state index in [-0.39, 0.29) is 5.91 Å². The van der Waals surface area contributed by atoms with Crippen molar-refractivity contribution in [3.8, 4) is 0 Å². The minimum atomic E-state index is 0.265. The third-order valence-electron chi connectivity index (χ3n) is 3.22. The van der Waals surface area contributed by atoms with Gasteiger partial charge in [-0.3, -0.25) is 4.79 Å². The highest BCUT2D eigenvalue weighted by Gasteiger charge is 2.21. The lowest BCUT2D eigenvalue weighted by atomic mass is 10.0. The lowest BCUT2D eigenvalue weighted by molar-refractivity contribution is -0.131. The molecule has 0 spiro atoms. The topological polar surface area (TPSA) is 32.3 Å².